The van der Waals surface area contributed by atoms with Gasteiger partial charge in [0.1, 0.15) is 24.0 Å². The number of amides is 1. The Kier molecular flexibility index (Phi) is 10.4. The molecule has 0 aromatic heterocycles. The van der Waals surface area contributed by atoms with Crippen LogP contribution >= 0.6 is 0 Å². The number of esters is 1. The Labute approximate surface area is 246 Å². The van der Waals surface area contributed by atoms with Crippen LogP contribution in [0.3, 0.4) is 0 Å². The van der Waals surface area contributed by atoms with Crippen LogP contribution in [0.1, 0.15) is 22.8 Å². The number of nitro groups is 1. The van der Waals surface area contributed by atoms with E-state index in [4.69, 9.17) is 23.1 Å². The normalized spacial score (nSPS) is 21.9. The van der Waals surface area contributed by atoms with E-state index in [1.54, 1.807) is 42.5 Å². The summed E-state index contributed by atoms with van der Waals surface area (Å²) < 4.78 is 61.9. The Morgan fingerprint density at radius 3 is 2.19 bits per heavy atom. The van der Waals surface area contributed by atoms with Crippen molar-refractivity contribution in [2.24, 2.45) is 0 Å². The fourth-order valence-electron chi connectivity index (χ4n) is 4.34. The summed E-state index contributed by atoms with van der Waals surface area (Å²) in [5, 5.41) is 13.6. The second-order valence-electron chi connectivity index (χ2n) is 9.36. The van der Waals surface area contributed by atoms with E-state index in [1.807, 2.05) is 6.07 Å². The molecule has 15 heteroatoms. The number of carbonyl (C=O) groups is 2. The standard InChI is InChI=1S/C28H28N2O12S/c1-18(31)29-24-26(41-27(32)20-10-6-3-7-11-20)25(42-43(35,36)37)23(17-38-16-19-8-4-2-5-9-19)40-28(24)39-22-14-12-21(13-15-22)30(33)34/h2-15,23-26,28H,16-17H2,1H3,(H,29,31)(H,35,36,37)/t23-,24-,25-,26-,28-/m1/s1. The van der Waals surface area contributed by atoms with Crippen molar-refractivity contribution in [1.82, 2.24) is 5.32 Å². The smallest absolute Gasteiger partial charge is 0.397 e. The highest BCUT2D eigenvalue weighted by Gasteiger charge is 2.52. The van der Waals surface area contributed by atoms with Crippen molar-refractivity contribution in [2.75, 3.05) is 6.61 Å². The number of nitrogens with one attached hydrogen (secondary N) is 1. The molecule has 43 heavy (non-hydrogen) atoms. The first-order valence-corrected chi connectivity index (χ1v) is 14.2. The number of non-ortho nitro benzene ring substituents is 1. The Morgan fingerprint density at radius 1 is 0.977 bits per heavy atom. The SMILES string of the molecule is CC(=O)N[C@H]1[C@H](Oc2ccc([N+](=O)[O-])cc2)O[C@H](COCc2ccccc2)[C@@H](OS(=O)(=O)O)[C@@H]1OC(=O)c1ccccc1. The fraction of sp³-hybridized carbons (Fsp3) is 0.286. The van der Waals surface area contributed by atoms with Gasteiger partial charge >= 0.3 is 16.4 Å². The minimum Gasteiger partial charge on any atom is -0.463 e. The average molecular weight is 617 g/mol. The maximum absolute atomic E-state index is 13.1. The van der Waals surface area contributed by atoms with Crippen LogP contribution in [0, 0.1) is 10.1 Å². The number of carbonyl (C=O) groups excluding carboxylic acids is 2. The quantitative estimate of drug-likeness (QED) is 0.131. The molecule has 3 aromatic rings. The first kappa shape index (κ1) is 31.5. The summed E-state index contributed by atoms with van der Waals surface area (Å²) >= 11 is 0. The maximum atomic E-state index is 13.1. The molecule has 1 heterocycles. The number of nitro benzene ring substituents is 1. The molecular formula is C28H28N2O12S. The van der Waals surface area contributed by atoms with Gasteiger partial charge in [-0.05, 0) is 29.8 Å². The molecule has 2 N–H and O–H groups in total. The van der Waals surface area contributed by atoms with E-state index in [9.17, 15) is 32.7 Å². The minimum absolute atomic E-state index is 0.0801. The molecule has 4 rings (SSSR count). The van der Waals surface area contributed by atoms with E-state index >= 15 is 0 Å². The summed E-state index contributed by atoms with van der Waals surface area (Å²) in [5.41, 5.74) is 0.678. The van der Waals surface area contributed by atoms with Crippen LogP contribution in [0.25, 0.3) is 0 Å². The van der Waals surface area contributed by atoms with Gasteiger partial charge in [0.15, 0.2) is 6.10 Å². The lowest BCUT2D eigenvalue weighted by molar-refractivity contribution is -0.384. The number of benzene rings is 3. The van der Waals surface area contributed by atoms with E-state index in [0.717, 1.165) is 12.5 Å². The van der Waals surface area contributed by atoms with Gasteiger partial charge in [-0.3, -0.25) is 19.5 Å². The highest BCUT2D eigenvalue weighted by atomic mass is 32.3. The zero-order valence-corrected chi connectivity index (χ0v) is 23.5. The molecule has 1 aliphatic heterocycles. The van der Waals surface area contributed by atoms with Crippen molar-refractivity contribution in [3.63, 3.8) is 0 Å². The molecule has 228 valence electrons. The third kappa shape index (κ3) is 9.04. The summed E-state index contributed by atoms with van der Waals surface area (Å²) in [5.74, 6) is -1.45. The van der Waals surface area contributed by atoms with Crippen molar-refractivity contribution in [3.05, 3.63) is 106 Å². The van der Waals surface area contributed by atoms with Crippen molar-refractivity contribution in [2.45, 2.75) is 44.2 Å². The topological polar surface area (TPSA) is 190 Å². The molecule has 5 atom stereocenters. The van der Waals surface area contributed by atoms with Gasteiger partial charge in [-0.25, -0.2) is 8.98 Å². The summed E-state index contributed by atoms with van der Waals surface area (Å²) in [6, 6.07) is 20.3. The molecule has 0 radical (unpaired) electrons. The monoisotopic (exact) mass is 616 g/mol. The second-order valence-corrected chi connectivity index (χ2v) is 10.4. The first-order valence-electron chi connectivity index (χ1n) is 12.9. The molecule has 1 amide bonds. The largest absolute Gasteiger partial charge is 0.463 e. The van der Waals surface area contributed by atoms with Crippen LogP contribution in [-0.4, -0.2) is 67.0 Å². The van der Waals surface area contributed by atoms with Crippen molar-refractivity contribution < 1.29 is 50.6 Å². The molecule has 0 saturated carbocycles. The van der Waals surface area contributed by atoms with Crippen LogP contribution in [0.15, 0.2) is 84.9 Å². The van der Waals surface area contributed by atoms with Gasteiger partial charge in [-0.1, -0.05) is 48.5 Å². The Bertz CT molecular complexity index is 1500. The lowest BCUT2D eigenvalue weighted by atomic mass is 9.96. The Morgan fingerprint density at radius 2 is 1.60 bits per heavy atom. The van der Waals surface area contributed by atoms with E-state index in [-0.39, 0.29) is 30.2 Å². The maximum Gasteiger partial charge on any atom is 0.397 e. The van der Waals surface area contributed by atoms with Crippen molar-refractivity contribution in [3.8, 4) is 5.75 Å². The zero-order valence-electron chi connectivity index (χ0n) is 22.7. The highest BCUT2D eigenvalue weighted by Crippen LogP contribution is 2.31. The van der Waals surface area contributed by atoms with Gasteiger partial charge in [0, 0.05) is 19.1 Å². The zero-order chi connectivity index (χ0) is 31.0. The summed E-state index contributed by atoms with van der Waals surface area (Å²) in [7, 11) is -5.15. The van der Waals surface area contributed by atoms with E-state index < -0.39 is 57.8 Å². The van der Waals surface area contributed by atoms with E-state index in [1.165, 1.54) is 36.4 Å². The van der Waals surface area contributed by atoms with Gasteiger partial charge in [0.25, 0.3) is 5.69 Å². The van der Waals surface area contributed by atoms with Crippen molar-refractivity contribution in [1.29, 1.82) is 0 Å². The summed E-state index contributed by atoms with van der Waals surface area (Å²) in [6.07, 6.45) is -6.12. The van der Waals surface area contributed by atoms with Crippen LogP contribution in [0.5, 0.6) is 5.75 Å². The lowest BCUT2D eigenvalue weighted by Gasteiger charge is -2.44. The average Bonchev–Trinajstić information content (AvgIpc) is 2.97. The molecule has 0 bridgehead atoms. The molecule has 1 saturated heterocycles. The number of nitrogens with zero attached hydrogens (tertiary/aromatic N) is 1. The Balaban J connectivity index is 1.70. The highest BCUT2D eigenvalue weighted by molar-refractivity contribution is 7.80. The predicted octanol–water partition coefficient (Wildman–Crippen LogP) is 2.83. The van der Waals surface area contributed by atoms with Gasteiger partial charge in [0.2, 0.25) is 12.2 Å². The molecular weight excluding hydrogens is 588 g/mol. The van der Waals surface area contributed by atoms with Crippen LogP contribution in [0.2, 0.25) is 0 Å². The van der Waals surface area contributed by atoms with Gasteiger partial charge in [-0.2, -0.15) is 8.42 Å². The van der Waals surface area contributed by atoms with Gasteiger partial charge < -0.3 is 24.3 Å². The number of rotatable bonds is 12. The predicted molar refractivity (Wildman–Crippen MR) is 148 cm³/mol. The summed E-state index contributed by atoms with van der Waals surface area (Å²) in [6.45, 7) is 0.908. The van der Waals surface area contributed by atoms with Crippen LogP contribution in [-0.2, 0) is 40.2 Å². The molecule has 3 aromatic carbocycles. The fourth-order valence-corrected chi connectivity index (χ4v) is 4.85. The number of hydrogen-bond donors (Lipinski definition) is 2. The molecule has 0 aliphatic carbocycles. The third-order valence-electron chi connectivity index (χ3n) is 6.20. The van der Waals surface area contributed by atoms with E-state index in [0.29, 0.717) is 0 Å². The van der Waals surface area contributed by atoms with Crippen LogP contribution in [0.4, 0.5) is 5.69 Å². The molecule has 14 nitrogen and oxygen atoms in total. The number of hydrogen-bond acceptors (Lipinski definition) is 11. The molecule has 0 spiro atoms. The van der Waals surface area contributed by atoms with Crippen molar-refractivity contribution >= 4 is 28.0 Å². The van der Waals surface area contributed by atoms with Gasteiger partial charge in [0.05, 0.1) is 23.7 Å². The van der Waals surface area contributed by atoms with Gasteiger partial charge in [-0.15, -0.1) is 0 Å². The molecule has 1 aliphatic rings. The summed E-state index contributed by atoms with van der Waals surface area (Å²) in [4.78, 5) is 35.9. The minimum atomic E-state index is -5.15. The first-order chi connectivity index (χ1) is 20.5. The van der Waals surface area contributed by atoms with Crippen LogP contribution < -0.4 is 10.1 Å². The molecule has 0 unspecified atom stereocenters. The third-order valence-corrected chi connectivity index (χ3v) is 6.66. The number of ether oxygens (including phenoxy) is 4. The second kappa shape index (κ2) is 14.2. The lowest BCUT2D eigenvalue weighted by Crippen LogP contribution is -2.67. The Hall–Kier alpha value is -4.41. The molecule has 1 fully saturated rings. The van der Waals surface area contributed by atoms with E-state index in [2.05, 4.69) is 5.32 Å².